The highest BCUT2D eigenvalue weighted by Crippen LogP contribution is 2.20. The highest BCUT2D eigenvalue weighted by atomic mass is 35.5. The van der Waals surface area contributed by atoms with Crippen LogP contribution in [0, 0.1) is 0 Å². The Hall–Kier alpha value is -1.63. The number of amides is 1. The number of carbonyl (C=O) groups is 1. The molecule has 2 atom stereocenters. The molecule has 2 heterocycles. The fraction of sp³-hybridized carbons (Fsp3) is 0.400. The van der Waals surface area contributed by atoms with Crippen LogP contribution in [0.1, 0.15) is 36.2 Å². The molecule has 1 amide bonds. The molecule has 1 aliphatic rings. The van der Waals surface area contributed by atoms with Crippen molar-refractivity contribution in [2.45, 2.75) is 37.8 Å². The summed E-state index contributed by atoms with van der Waals surface area (Å²) in [7, 11) is 0. The third-order valence-electron chi connectivity index (χ3n) is 3.84. The summed E-state index contributed by atoms with van der Waals surface area (Å²) in [5.41, 5.74) is 7.15. The van der Waals surface area contributed by atoms with Crippen LogP contribution < -0.4 is 11.1 Å². The fourth-order valence-electron chi connectivity index (χ4n) is 2.62. The van der Waals surface area contributed by atoms with Crippen molar-refractivity contribution in [2.75, 3.05) is 0 Å². The van der Waals surface area contributed by atoms with Crippen molar-refractivity contribution in [1.82, 2.24) is 15.5 Å². The van der Waals surface area contributed by atoms with E-state index in [-0.39, 0.29) is 48.5 Å². The van der Waals surface area contributed by atoms with Gasteiger partial charge in [-0.25, -0.2) is 0 Å². The lowest BCUT2D eigenvalue weighted by molar-refractivity contribution is 0.0912. The van der Waals surface area contributed by atoms with Crippen LogP contribution in [0.2, 0.25) is 0 Å². The fourth-order valence-corrected chi connectivity index (χ4v) is 2.62. The van der Waals surface area contributed by atoms with Crippen molar-refractivity contribution >= 4 is 30.7 Å². The van der Waals surface area contributed by atoms with Gasteiger partial charge in [0, 0.05) is 36.1 Å². The van der Waals surface area contributed by atoms with Gasteiger partial charge in [-0.15, -0.1) is 24.8 Å². The molecule has 126 valence electrons. The summed E-state index contributed by atoms with van der Waals surface area (Å²) in [6.07, 6.45) is 7.43. The third-order valence-corrected chi connectivity index (χ3v) is 3.84. The molecule has 0 aromatic carbocycles. The molecule has 0 bridgehead atoms. The van der Waals surface area contributed by atoms with E-state index in [4.69, 9.17) is 10.3 Å². The molecule has 0 aliphatic heterocycles. The SMILES string of the molecule is Cl.Cl.N[C@@H]1CCCC[C@H]1NC(=O)c1cc(-c2ccncc2)on1. The van der Waals surface area contributed by atoms with Crippen molar-refractivity contribution < 1.29 is 9.32 Å². The van der Waals surface area contributed by atoms with Gasteiger partial charge >= 0.3 is 0 Å². The molecule has 3 rings (SSSR count). The zero-order chi connectivity index (χ0) is 14.7. The molecule has 0 unspecified atom stereocenters. The second-order valence-corrected chi connectivity index (χ2v) is 5.34. The summed E-state index contributed by atoms with van der Waals surface area (Å²) in [4.78, 5) is 16.1. The van der Waals surface area contributed by atoms with E-state index in [1.165, 1.54) is 0 Å². The molecule has 0 spiro atoms. The summed E-state index contributed by atoms with van der Waals surface area (Å²) in [5.74, 6) is 0.317. The van der Waals surface area contributed by atoms with E-state index >= 15 is 0 Å². The average Bonchev–Trinajstić information content (AvgIpc) is 3.00. The molecule has 0 radical (unpaired) electrons. The summed E-state index contributed by atoms with van der Waals surface area (Å²) < 4.78 is 5.22. The smallest absolute Gasteiger partial charge is 0.273 e. The van der Waals surface area contributed by atoms with Gasteiger partial charge in [-0.05, 0) is 25.0 Å². The molecule has 1 aliphatic carbocycles. The maximum Gasteiger partial charge on any atom is 0.273 e. The quantitative estimate of drug-likeness (QED) is 0.879. The number of nitrogens with two attached hydrogens (primary N) is 1. The number of nitrogens with one attached hydrogen (secondary N) is 1. The first kappa shape index (κ1) is 19.4. The Balaban J connectivity index is 0.00000132. The first-order valence-corrected chi connectivity index (χ1v) is 7.17. The van der Waals surface area contributed by atoms with Crippen molar-refractivity contribution in [3.8, 4) is 11.3 Å². The Morgan fingerprint density at radius 1 is 1.22 bits per heavy atom. The lowest BCUT2D eigenvalue weighted by atomic mass is 9.91. The van der Waals surface area contributed by atoms with Crippen LogP contribution in [0.3, 0.4) is 0 Å². The average molecular weight is 359 g/mol. The van der Waals surface area contributed by atoms with E-state index in [9.17, 15) is 4.79 Å². The molecule has 8 heteroatoms. The van der Waals surface area contributed by atoms with Crippen LogP contribution in [-0.4, -0.2) is 28.1 Å². The van der Waals surface area contributed by atoms with E-state index in [2.05, 4.69) is 15.5 Å². The van der Waals surface area contributed by atoms with Gasteiger partial charge in [0.05, 0.1) is 0 Å². The van der Waals surface area contributed by atoms with Crippen LogP contribution in [0.5, 0.6) is 0 Å². The summed E-state index contributed by atoms with van der Waals surface area (Å²) in [6, 6.07) is 5.29. The number of carbonyl (C=O) groups excluding carboxylic acids is 1. The molecule has 6 nitrogen and oxygen atoms in total. The topological polar surface area (TPSA) is 94.0 Å². The number of halogens is 2. The number of hydrogen-bond acceptors (Lipinski definition) is 5. The maximum atomic E-state index is 12.2. The normalized spacial score (nSPS) is 20.0. The van der Waals surface area contributed by atoms with Crippen LogP contribution in [0.25, 0.3) is 11.3 Å². The van der Waals surface area contributed by atoms with Gasteiger partial charge < -0.3 is 15.6 Å². The van der Waals surface area contributed by atoms with E-state index in [0.717, 1.165) is 31.2 Å². The Kier molecular flexibility index (Phi) is 7.48. The largest absolute Gasteiger partial charge is 0.355 e. The number of hydrogen-bond donors (Lipinski definition) is 2. The molecule has 2 aromatic rings. The van der Waals surface area contributed by atoms with Crippen molar-refractivity contribution in [2.24, 2.45) is 5.73 Å². The van der Waals surface area contributed by atoms with Gasteiger partial charge in [-0.1, -0.05) is 18.0 Å². The second-order valence-electron chi connectivity index (χ2n) is 5.34. The maximum absolute atomic E-state index is 12.2. The standard InChI is InChI=1S/C15H18N4O2.2ClH/c16-11-3-1-2-4-12(11)18-15(20)13-9-14(21-19-13)10-5-7-17-8-6-10;;/h5-9,11-12H,1-4,16H2,(H,18,20);2*1H/t11-,12-;;/m1../s1. The van der Waals surface area contributed by atoms with Crippen molar-refractivity contribution in [1.29, 1.82) is 0 Å². The third kappa shape index (κ3) is 4.67. The highest BCUT2D eigenvalue weighted by molar-refractivity contribution is 5.93. The zero-order valence-electron chi connectivity index (χ0n) is 12.5. The predicted molar refractivity (Wildman–Crippen MR) is 91.9 cm³/mol. The Bertz CT molecular complexity index is 621. The Morgan fingerprint density at radius 3 is 2.61 bits per heavy atom. The highest BCUT2D eigenvalue weighted by Gasteiger charge is 2.25. The summed E-state index contributed by atoms with van der Waals surface area (Å²) in [6.45, 7) is 0. The zero-order valence-corrected chi connectivity index (χ0v) is 14.1. The lowest BCUT2D eigenvalue weighted by Crippen LogP contribution is -2.49. The van der Waals surface area contributed by atoms with Crippen LogP contribution in [-0.2, 0) is 0 Å². The minimum atomic E-state index is -0.235. The number of nitrogens with zero attached hydrogens (tertiary/aromatic N) is 2. The van der Waals surface area contributed by atoms with E-state index in [0.29, 0.717) is 5.76 Å². The van der Waals surface area contributed by atoms with Crippen molar-refractivity contribution in [3.63, 3.8) is 0 Å². The van der Waals surface area contributed by atoms with Gasteiger partial charge in [0.25, 0.3) is 5.91 Å². The molecular weight excluding hydrogens is 339 g/mol. The van der Waals surface area contributed by atoms with Crippen LogP contribution >= 0.6 is 24.8 Å². The number of pyridine rings is 1. The Labute approximate surface area is 147 Å². The molecule has 3 N–H and O–H groups in total. The minimum absolute atomic E-state index is 0. The van der Waals surface area contributed by atoms with Gasteiger partial charge in [-0.2, -0.15) is 0 Å². The lowest BCUT2D eigenvalue weighted by Gasteiger charge is -2.28. The Morgan fingerprint density at radius 2 is 1.91 bits per heavy atom. The molecule has 0 saturated heterocycles. The molecule has 23 heavy (non-hydrogen) atoms. The summed E-state index contributed by atoms with van der Waals surface area (Å²) in [5, 5.41) is 6.79. The minimum Gasteiger partial charge on any atom is -0.355 e. The number of rotatable bonds is 3. The van der Waals surface area contributed by atoms with Gasteiger partial charge in [-0.3, -0.25) is 9.78 Å². The second kappa shape index (κ2) is 8.86. The van der Waals surface area contributed by atoms with E-state index in [1.54, 1.807) is 30.6 Å². The van der Waals surface area contributed by atoms with Gasteiger partial charge in [0.15, 0.2) is 11.5 Å². The monoisotopic (exact) mass is 358 g/mol. The van der Waals surface area contributed by atoms with E-state index < -0.39 is 0 Å². The summed E-state index contributed by atoms with van der Waals surface area (Å²) >= 11 is 0. The van der Waals surface area contributed by atoms with Gasteiger partial charge in [0.2, 0.25) is 0 Å². The first-order chi connectivity index (χ1) is 10.2. The first-order valence-electron chi connectivity index (χ1n) is 7.17. The number of aromatic nitrogens is 2. The van der Waals surface area contributed by atoms with E-state index in [1.807, 2.05) is 0 Å². The molecule has 2 aromatic heterocycles. The van der Waals surface area contributed by atoms with Crippen LogP contribution in [0.15, 0.2) is 35.1 Å². The molecule has 1 fully saturated rings. The van der Waals surface area contributed by atoms with Crippen LogP contribution in [0.4, 0.5) is 0 Å². The molecule has 1 saturated carbocycles. The van der Waals surface area contributed by atoms with Crippen molar-refractivity contribution in [3.05, 3.63) is 36.3 Å². The predicted octanol–water partition coefficient (Wildman–Crippen LogP) is 2.58. The molecular formula is C15H20Cl2N4O2. The van der Waals surface area contributed by atoms with Gasteiger partial charge in [0.1, 0.15) is 0 Å².